The van der Waals surface area contributed by atoms with Gasteiger partial charge in [-0.15, -0.1) is 0 Å². The topological polar surface area (TPSA) is 53.1 Å². The number of carbonyl (C=O) groups is 2. The van der Waals surface area contributed by atoms with Crippen molar-refractivity contribution >= 4 is 23.4 Å². The van der Waals surface area contributed by atoms with Gasteiger partial charge in [0.05, 0.1) is 23.2 Å². The van der Waals surface area contributed by atoms with E-state index in [1.165, 1.54) is 12.1 Å². The Hall–Kier alpha value is -1.70. The van der Waals surface area contributed by atoms with Gasteiger partial charge < -0.3 is 14.5 Å². The maximum absolute atomic E-state index is 13.2. The zero-order valence-electron chi connectivity index (χ0n) is 15.5. The zero-order chi connectivity index (χ0) is 19.4. The summed E-state index contributed by atoms with van der Waals surface area (Å²) in [5.74, 6) is -0.508. The third-order valence-electron chi connectivity index (χ3n) is 5.25. The standard InChI is InChI=1S/C19H25ClFN3O3/c1-27-12-11-24-8-5-17(19(24)26)22-6-2-7-23(10-9-22)18(25)15-4-3-14(21)13-16(15)20/h3-4,13,17H,2,5-12H2,1H3/t17-/m0/s1. The predicted molar refractivity (Wildman–Crippen MR) is 100 cm³/mol. The van der Waals surface area contributed by atoms with Gasteiger partial charge in [-0.05, 0) is 31.0 Å². The molecule has 1 aromatic carbocycles. The largest absolute Gasteiger partial charge is 0.383 e. The van der Waals surface area contributed by atoms with Crippen molar-refractivity contribution < 1.29 is 18.7 Å². The first-order valence-electron chi connectivity index (χ1n) is 9.27. The highest BCUT2D eigenvalue weighted by molar-refractivity contribution is 6.33. The summed E-state index contributed by atoms with van der Waals surface area (Å²) in [4.78, 5) is 31.2. The zero-order valence-corrected chi connectivity index (χ0v) is 16.3. The molecule has 2 saturated heterocycles. The molecule has 3 rings (SSSR count). The first-order valence-corrected chi connectivity index (χ1v) is 9.65. The minimum atomic E-state index is -0.462. The molecule has 27 heavy (non-hydrogen) atoms. The van der Waals surface area contributed by atoms with Gasteiger partial charge in [0, 0.05) is 46.4 Å². The highest BCUT2D eigenvalue weighted by Crippen LogP contribution is 2.22. The second kappa shape index (κ2) is 8.99. The summed E-state index contributed by atoms with van der Waals surface area (Å²) >= 11 is 6.04. The number of benzene rings is 1. The van der Waals surface area contributed by atoms with Crippen LogP contribution in [0.1, 0.15) is 23.2 Å². The molecule has 0 unspecified atom stereocenters. The molecule has 2 aliphatic rings. The van der Waals surface area contributed by atoms with E-state index in [1.54, 1.807) is 12.0 Å². The quantitative estimate of drug-likeness (QED) is 0.761. The second-order valence-electron chi connectivity index (χ2n) is 6.93. The lowest BCUT2D eigenvalue weighted by molar-refractivity contribution is -0.132. The van der Waals surface area contributed by atoms with Crippen molar-refractivity contribution in [2.24, 2.45) is 0 Å². The van der Waals surface area contributed by atoms with E-state index < -0.39 is 5.82 Å². The number of carbonyl (C=O) groups excluding carboxylic acids is 2. The van der Waals surface area contributed by atoms with E-state index in [0.717, 1.165) is 32.0 Å². The first-order chi connectivity index (χ1) is 13.0. The minimum Gasteiger partial charge on any atom is -0.383 e. The number of likely N-dealkylation sites (tertiary alicyclic amines) is 1. The Bertz CT molecular complexity index is 703. The fourth-order valence-corrected chi connectivity index (χ4v) is 4.02. The van der Waals surface area contributed by atoms with E-state index in [2.05, 4.69) is 4.90 Å². The third kappa shape index (κ3) is 4.59. The molecule has 0 N–H and O–H groups in total. The summed E-state index contributed by atoms with van der Waals surface area (Å²) in [5, 5.41) is 0.126. The smallest absolute Gasteiger partial charge is 0.255 e. The Morgan fingerprint density at radius 2 is 2.07 bits per heavy atom. The SMILES string of the molecule is COCCN1CC[C@H](N2CCCN(C(=O)c3ccc(F)cc3Cl)CC2)C1=O. The van der Waals surface area contributed by atoms with Gasteiger partial charge in [-0.1, -0.05) is 11.6 Å². The number of halogens is 2. The van der Waals surface area contributed by atoms with Crippen LogP contribution >= 0.6 is 11.6 Å². The highest BCUT2D eigenvalue weighted by atomic mass is 35.5. The Morgan fingerprint density at radius 3 is 2.81 bits per heavy atom. The Labute approximate surface area is 163 Å². The second-order valence-corrected chi connectivity index (χ2v) is 7.34. The van der Waals surface area contributed by atoms with E-state index in [4.69, 9.17) is 16.3 Å². The van der Waals surface area contributed by atoms with Gasteiger partial charge in [0.15, 0.2) is 0 Å². The maximum atomic E-state index is 13.2. The monoisotopic (exact) mass is 397 g/mol. The lowest BCUT2D eigenvalue weighted by Gasteiger charge is -2.26. The summed E-state index contributed by atoms with van der Waals surface area (Å²) in [6.07, 6.45) is 1.59. The van der Waals surface area contributed by atoms with Crippen molar-refractivity contribution in [2.45, 2.75) is 18.9 Å². The van der Waals surface area contributed by atoms with Gasteiger partial charge in [-0.2, -0.15) is 0 Å². The summed E-state index contributed by atoms with van der Waals surface area (Å²) in [5.41, 5.74) is 0.314. The average Bonchev–Trinajstić information content (AvgIpc) is 2.85. The molecule has 0 aliphatic carbocycles. The maximum Gasteiger partial charge on any atom is 0.255 e. The molecule has 0 bridgehead atoms. The number of hydrogen-bond acceptors (Lipinski definition) is 4. The Balaban J connectivity index is 1.60. The number of methoxy groups -OCH3 is 1. The lowest BCUT2D eigenvalue weighted by atomic mass is 10.2. The van der Waals surface area contributed by atoms with Crippen LogP contribution in [0.4, 0.5) is 4.39 Å². The van der Waals surface area contributed by atoms with Gasteiger partial charge in [0.25, 0.3) is 5.91 Å². The molecule has 2 heterocycles. The van der Waals surface area contributed by atoms with Crippen LogP contribution in [0.25, 0.3) is 0 Å². The predicted octanol–water partition coefficient (Wildman–Crippen LogP) is 1.87. The van der Waals surface area contributed by atoms with Crippen LogP contribution in [0.5, 0.6) is 0 Å². The van der Waals surface area contributed by atoms with Crippen molar-refractivity contribution in [3.63, 3.8) is 0 Å². The lowest BCUT2D eigenvalue weighted by Crippen LogP contribution is -2.44. The van der Waals surface area contributed by atoms with Crippen LogP contribution in [0, 0.1) is 5.82 Å². The van der Waals surface area contributed by atoms with E-state index in [9.17, 15) is 14.0 Å². The van der Waals surface area contributed by atoms with E-state index in [1.807, 2.05) is 4.90 Å². The molecule has 0 radical (unpaired) electrons. The molecule has 0 saturated carbocycles. The molecule has 6 nitrogen and oxygen atoms in total. The van der Waals surface area contributed by atoms with Gasteiger partial charge in [0.1, 0.15) is 5.82 Å². The van der Waals surface area contributed by atoms with Gasteiger partial charge >= 0.3 is 0 Å². The van der Waals surface area contributed by atoms with Crippen molar-refractivity contribution in [3.05, 3.63) is 34.6 Å². The molecular weight excluding hydrogens is 373 g/mol. The number of nitrogens with zero attached hydrogens (tertiary/aromatic N) is 3. The molecule has 2 aliphatic heterocycles. The molecule has 1 aromatic rings. The summed E-state index contributed by atoms with van der Waals surface area (Å²) in [7, 11) is 1.63. The minimum absolute atomic E-state index is 0.119. The molecule has 0 aromatic heterocycles. The highest BCUT2D eigenvalue weighted by Gasteiger charge is 2.36. The fraction of sp³-hybridized carbons (Fsp3) is 0.579. The van der Waals surface area contributed by atoms with Gasteiger partial charge in [-0.25, -0.2) is 4.39 Å². The van der Waals surface area contributed by atoms with E-state index >= 15 is 0 Å². The average molecular weight is 398 g/mol. The van der Waals surface area contributed by atoms with Gasteiger partial charge in [0.2, 0.25) is 5.91 Å². The first kappa shape index (κ1) is 20.0. The van der Waals surface area contributed by atoms with E-state index in [0.29, 0.717) is 38.3 Å². The number of amides is 2. The Kier molecular flexibility index (Phi) is 6.68. The van der Waals surface area contributed by atoms with Crippen molar-refractivity contribution in [3.8, 4) is 0 Å². The van der Waals surface area contributed by atoms with Crippen LogP contribution in [0.15, 0.2) is 18.2 Å². The van der Waals surface area contributed by atoms with Crippen molar-refractivity contribution in [1.29, 1.82) is 0 Å². The molecule has 2 amide bonds. The molecule has 0 spiro atoms. The van der Waals surface area contributed by atoms with Crippen LogP contribution in [0.2, 0.25) is 5.02 Å². The van der Waals surface area contributed by atoms with Crippen LogP contribution < -0.4 is 0 Å². The van der Waals surface area contributed by atoms with Crippen molar-refractivity contribution in [1.82, 2.24) is 14.7 Å². The van der Waals surface area contributed by atoms with Crippen LogP contribution in [0.3, 0.4) is 0 Å². The fourth-order valence-electron chi connectivity index (χ4n) is 3.77. The third-order valence-corrected chi connectivity index (χ3v) is 5.57. The normalized spacial score (nSPS) is 21.6. The Morgan fingerprint density at radius 1 is 1.26 bits per heavy atom. The molecule has 8 heteroatoms. The number of ether oxygens (including phenoxy) is 1. The van der Waals surface area contributed by atoms with E-state index in [-0.39, 0.29) is 22.9 Å². The van der Waals surface area contributed by atoms with Gasteiger partial charge in [-0.3, -0.25) is 14.5 Å². The molecule has 2 fully saturated rings. The molecule has 148 valence electrons. The molecular formula is C19H25ClFN3O3. The summed E-state index contributed by atoms with van der Waals surface area (Å²) in [6.45, 7) is 4.43. The van der Waals surface area contributed by atoms with Crippen molar-refractivity contribution in [2.75, 3.05) is 53.0 Å². The van der Waals surface area contributed by atoms with Crippen LogP contribution in [-0.4, -0.2) is 85.5 Å². The number of rotatable bonds is 5. The number of hydrogen-bond donors (Lipinski definition) is 0. The summed E-state index contributed by atoms with van der Waals surface area (Å²) < 4.78 is 18.3. The molecule has 1 atom stereocenters. The van der Waals surface area contributed by atoms with Crippen LogP contribution in [-0.2, 0) is 9.53 Å². The summed E-state index contributed by atoms with van der Waals surface area (Å²) in [6, 6.07) is 3.71.